The maximum atomic E-state index is 12.6. The minimum Gasteiger partial charge on any atom is -0.486 e. The molecule has 8 heteroatoms. The molecule has 5 rings (SSSR count). The molecule has 2 aliphatic heterocycles. The predicted octanol–water partition coefficient (Wildman–Crippen LogP) is 3.38. The highest BCUT2D eigenvalue weighted by Crippen LogP contribution is 2.36. The normalized spacial score (nSPS) is 15.1. The van der Waals surface area contributed by atoms with Crippen molar-refractivity contribution in [2.45, 2.75) is 12.5 Å². The van der Waals surface area contributed by atoms with E-state index in [0.29, 0.717) is 36.9 Å². The average molecular weight is 450 g/mol. The van der Waals surface area contributed by atoms with Gasteiger partial charge in [0.25, 0.3) is 0 Å². The van der Waals surface area contributed by atoms with E-state index in [1.54, 1.807) is 29.5 Å². The number of fused-ring (bicyclic) bond motifs is 2. The number of ether oxygens (including phenoxy) is 2. The van der Waals surface area contributed by atoms with Crippen molar-refractivity contribution >= 4 is 34.5 Å². The van der Waals surface area contributed by atoms with Gasteiger partial charge in [0.05, 0.1) is 6.04 Å². The highest BCUT2D eigenvalue weighted by Gasteiger charge is 2.28. The Morgan fingerprint density at radius 2 is 1.84 bits per heavy atom. The number of hydrogen-bond acceptors (Lipinski definition) is 6. The third kappa shape index (κ3) is 4.13. The summed E-state index contributed by atoms with van der Waals surface area (Å²) in [4.78, 5) is 28.5. The SMILES string of the molecule is O=C(NC[C@@H](c1cccs1)N1CCc2ccccc21)C(=O)Nc1ccc2c(c1)OCCO2. The van der Waals surface area contributed by atoms with Crippen molar-refractivity contribution in [3.05, 3.63) is 70.4 Å². The van der Waals surface area contributed by atoms with Crippen molar-refractivity contribution in [1.82, 2.24) is 5.32 Å². The van der Waals surface area contributed by atoms with Gasteiger partial charge in [0.15, 0.2) is 11.5 Å². The first-order valence-electron chi connectivity index (χ1n) is 10.6. The van der Waals surface area contributed by atoms with E-state index in [4.69, 9.17) is 9.47 Å². The second kappa shape index (κ2) is 8.92. The fraction of sp³-hybridized carbons (Fsp3) is 0.250. The fourth-order valence-corrected chi connectivity index (χ4v) is 4.95. The van der Waals surface area contributed by atoms with Gasteiger partial charge in [0.2, 0.25) is 0 Å². The predicted molar refractivity (Wildman–Crippen MR) is 124 cm³/mol. The molecule has 7 nitrogen and oxygen atoms in total. The second-order valence-corrected chi connectivity index (χ2v) is 8.61. The van der Waals surface area contributed by atoms with Gasteiger partial charge >= 0.3 is 11.8 Å². The van der Waals surface area contributed by atoms with E-state index in [-0.39, 0.29) is 6.04 Å². The molecule has 0 fully saturated rings. The molecule has 32 heavy (non-hydrogen) atoms. The van der Waals surface area contributed by atoms with Crippen molar-refractivity contribution in [1.29, 1.82) is 0 Å². The smallest absolute Gasteiger partial charge is 0.313 e. The molecular formula is C24H23N3O4S. The molecule has 2 N–H and O–H groups in total. The number of nitrogens with one attached hydrogen (secondary N) is 2. The van der Waals surface area contributed by atoms with Crippen LogP contribution < -0.4 is 25.0 Å². The number of rotatable bonds is 5. The van der Waals surface area contributed by atoms with Crippen molar-refractivity contribution in [2.24, 2.45) is 0 Å². The van der Waals surface area contributed by atoms with Crippen molar-refractivity contribution in [2.75, 3.05) is 36.5 Å². The standard InChI is InChI=1S/C24H23N3O4S/c28-23(24(29)26-17-7-8-20-21(14-17)31-12-11-30-20)25-15-19(22-6-3-13-32-22)27-10-9-16-4-1-2-5-18(16)27/h1-8,13-14,19H,9-12,15H2,(H,25,28)(H,26,29)/t19-/m0/s1. The lowest BCUT2D eigenvalue weighted by Gasteiger charge is -2.30. The number of benzene rings is 2. The molecule has 2 aliphatic rings. The Kier molecular flexibility index (Phi) is 5.68. The minimum atomic E-state index is -0.714. The third-order valence-electron chi connectivity index (χ3n) is 5.63. The zero-order chi connectivity index (χ0) is 21.9. The largest absolute Gasteiger partial charge is 0.486 e. The first-order valence-corrected chi connectivity index (χ1v) is 11.4. The molecule has 3 heterocycles. The van der Waals surface area contributed by atoms with Crippen molar-refractivity contribution in [3.63, 3.8) is 0 Å². The van der Waals surface area contributed by atoms with E-state index < -0.39 is 11.8 Å². The maximum Gasteiger partial charge on any atom is 0.313 e. The fourth-order valence-electron chi connectivity index (χ4n) is 4.11. The summed E-state index contributed by atoms with van der Waals surface area (Å²) in [5, 5.41) is 7.49. The van der Waals surface area contributed by atoms with Gasteiger partial charge in [-0.1, -0.05) is 24.3 Å². The molecular weight excluding hydrogens is 426 g/mol. The van der Waals surface area contributed by atoms with Gasteiger partial charge in [-0.2, -0.15) is 0 Å². The van der Waals surface area contributed by atoms with Gasteiger partial charge in [-0.05, 0) is 41.6 Å². The topological polar surface area (TPSA) is 79.9 Å². The van der Waals surface area contributed by atoms with Crippen LogP contribution in [-0.4, -0.2) is 38.1 Å². The van der Waals surface area contributed by atoms with E-state index >= 15 is 0 Å². The molecule has 164 valence electrons. The Morgan fingerprint density at radius 1 is 1.00 bits per heavy atom. The summed E-state index contributed by atoms with van der Waals surface area (Å²) in [5.74, 6) is -0.203. The molecule has 0 unspecified atom stereocenters. The first-order chi connectivity index (χ1) is 15.7. The van der Waals surface area contributed by atoms with Crippen LogP contribution in [0.5, 0.6) is 11.5 Å². The zero-order valence-electron chi connectivity index (χ0n) is 17.4. The zero-order valence-corrected chi connectivity index (χ0v) is 18.2. The van der Waals surface area contributed by atoms with Gasteiger partial charge in [-0.15, -0.1) is 11.3 Å². The van der Waals surface area contributed by atoms with Crippen LogP contribution in [0.25, 0.3) is 0 Å². The lowest BCUT2D eigenvalue weighted by molar-refractivity contribution is -0.136. The number of carbonyl (C=O) groups excluding carboxylic acids is 2. The molecule has 0 radical (unpaired) electrons. The Hall–Kier alpha value is -3.52. The third-order valence-corrected chi connectivity index (χ3v) is 6.61. The lowest BCUT2D eigenvalue weighted by Crippen LogP contribution is -2.41. The quantitative estimate of drug-likeness (QED) is 0.584. The van der Waals surface area contributed by atoms with Gasteiger partial charge in [-0.25, -0.2) is 0 Å². The number of nitrogens with zero attached hydrogens (tertiary/aromatic N) is 1. The summed E-state index contributed by atoms with van der Waals surface area (Å²) in [7, 11) is 0. The van der Waals surface area contributed by atoms with E-state index in [1.165, 1.54) is 11.3 Å². The minimum absolute atomic E-state index is 0.0373. The molecule has 0 aliphatic carbocycles. The van der Waals surface area contributed by atoms with E-state index in [9.17, 15) is 9.59 Å². The molecule has 1 atom stereocenters. The van der Waals surface area contributed by atoms with Crippen molar-refractivity contribution < 1.29 is 19.1 Å². The van der Waals surface area contributed by atoms with Gasteiger partial charge in [-0.3, -0.25) is 9.59 Å². The first kappa shape index (κ1) is 20.4. The second-order valence-electron chi connectivity index (χ2n) is 7.63. The summed E-state index contributed by atoms with van der Waals surface area (Å²) in [5.41, 5.74) is 2.97. The summed E-state index contributed by atoms with van der Waals surface area (Å²) in [6.07, 6.45) is 0.969. The number of anilines is 2. The number of thiophene rings is 1. The highest BCUT2D eigenvalue weighted by molar-refractivity contribution is 7.10. The summed E-state index contributed by atoms with van der Waals surface area (Å²) in [6.45, 7) is 2.16. The summed E-state index contributed by atoms with van der Waals surface area (Å²) in [6, 6.07) is 17.4. The molecule has 1 aromatic heterocycles. The number of carbonyl (C=O) groups is 2. The number of para-hydroxylation sites is 1. The molecule has 2 amide bonds. The lowest BCUT2D eigenvalue weighted by atomic mass is 10.1. The number of hydrogen-bond donors (Lipinski definition) is 2. The molecule has 0 saturated heterocycles. The summed E-state index contributed by atoms with van der Waals surface area (Å²) < 4.78 is 11.0. The van der Waals surface area contributed by atoms with E-state index in [1.807, 2.05) is 23.6 Å². The molecule has 0 saturated carbocycles. The molecule has 0 bridgehead atoms. The highest BCUT2D eigenvalue weighted by atomic mass is 32.1. The van der Waals surface area contributed by atoms with Crippen LogP contribution in [0.1, 0.15) is 16.5 Å². The van der Waals surface area contributed by atoms with E-state index in [2.05, 4.69) is 33.7 Å². The maximum absolute atomic E-state index is 12.6. The van der Waals surface area contributed by atoms with Crippen LogP contribution in [0.2, 0.25) is 0 Å². The molecule has 3 aromatic rings. The summed E-state index contributed by atoms with van der Waals surface area (Å²) >= 11 is 1.65. The van der Waals surface area contributed by atoms with Gasteiger partial charge < -0.3 is 25.0 Å². The molecule has 2 aromatic carbocycles. The Labute approximate surface area is 190 Å². The van der Waals surface area contributed by atoms with Crippen LogP contribution in [-0.2, 0) is 16.0 Å². The van der Waals surface area contributed by atoms with Crippen LogP contribution in [0.3, 0.4) is 0 Å². The van der Waals surface area contributed by atoms with E-state index in [0.717, 1.165) is 17.8 Å². The van der Waals surface area contributed by atoms with Crippen LogP contribution in [0.15, 0.2) is 60.0 Å². The van der Waals surface area contributed by atoms with Gasteiger partial charge in [0, 0.05) is 35.4 Å². The average Bonchev–Trinajstić information content (AvgIpc) is 3.50. The van der Waals surface area contributed by atoms with Crippen molar-refractivity contribution in [3.8, 4) is 11.5 Å². The Bertz CT molecular complexity index is 1130. The van der Waals surface area contributed by atoms with Crippen LogP contribution >= 0.6 is 11.3 Å². The van der Waals surface area contributed by atoms with Crippen LogP contribution in [0.4, 0.5) is 11.4 Å². The van der Waals surface area contributed by atoms with Gasteiger partial charge in [0.1, 0.15) is 13.2 Å². The van der Waals surface area contributed by atoms with Crippen LogP contribution in [0, 0.1) is 0 Å². The Balaban J connectivity index is 1.25. The number of amides is 2. The monoisotopic (exact) mass is 449 g/mol. The Morgan fingerprint density at radius 3 is 2.69 bits per heavy atom. The molecule has 0 spiro atoms.